The van der Waals surface area contributed by atoms with Gasteiger partial charge in [-0.2, -0.15) is 0 Å². The van der Waals surface area contributed by atoms with E-state index in [0.717, 1.165) is 27.3 Å². The van der Waals surface area contributed by atoms with Gasteiger partial charge >= 0.3 is 0 Å². The van der Waals surface area contributed by atoms with E-state index in [2.05, 4.69) is 15.3 Å². The first-order valence-corrected chi connectivity index (χ1v) is 8.17. The van der Waals surface area contributed by atoms with E-state index < -0.39 is 0 Å². The zero-order valence-corrected chi connectivity index (χ0v) is 13.1. The first-order chi connectivity index (χ1) is 10.1. The summed E-state index contributed by atoms with van der Waals surface area (Å²) in [5.74, 6) is -0.148. The molecule has 3 aromatic rings. The summed E-state index contributed by atoms with van der Waals surface area (Å²) in [6.07, 6.45) is 2.49. The third-order valence-corrected chi connectivity index (χ3v) is 5.00. The van der Waals surface area contributed by atoms with Crippen LogP contribution in [-0.4, -0.2) is 22.4 Å². The van der Waals surface area contributed by atoms with E-state index in [0.29, 0.717) is 17.1 Å². The Morgan fingerprint density at radius 1 is 1.43 bits per heavy atom. The van der Waals surface area contributed by atoms with Gasteiger partial charge in [-0.05, 0) is 19.1 Å². The maximum absolute atomic E-state index is 12.2. The monoisotopic (exact) mass is 318 g/mol. The fourth-order valence-electron chi connectivity index (χ4n) is 2.00. The van der Waals surface area contributed by atoms with E-state index in [1.165, 1.54) is 11.3 Å². The third kappa shape index (κ3) is 2.88. The molecule has 0 aliphatic heterocycles. The lowest BCUT2D eigenvalue weighted by Gasteiger charge is -2.02. The Bertz CT molecular complexity index is 780. The minimum atomic E-state index is -0.148. The molecule has 0 bridgehead atoms. The number of anilines is 1. The lowest BCUT2D eigenvalue weighted by molar-refractivity contribution is 0.0959. The van der Waals surface area contributed by atoms with Gasteiger partial charge in [-0.15, -0.1) is 22.7 Å². The molecule has 0 aliphatic carbocycles. The van der Waals surface area contributed by atoms with Crippen LogP contribution in [0.3, 0.4) is 0 Å². The van der Waals surface area contributed by atoms with Crippen molar-refractivity contribution >= 4 is 44.5 Å². The van der Waals surface area contributed by atoms with Crippen molar-refractivity contribution in [1.29, 1.82) is 0 Å². The Hall–Kier alpha value is -1.99. The molecule has 0 aromatic carbocycles. The van der Waals surface area contributed by atoms with Crippen molar-refractivity contribution in [3.63, 3.8) is 0 Å². The summed E-state index contributed by atoms with van der Waals surface area (Å²) in [6.45, 7) is 2.47. The van der Waals surface area contributed by atoms with Crippen molar-refractivity contribution in [2.45, 2.75) is 13.3 Å². The highest BCUT2D eigenvalue weighted by Gasteiger charge is 2.16. The highest BCUT2D eigenvalue weighted by Crippen LogP contribution is 2.32. The van der Waals surface area contributed by atoms with Crippen molar-refractivity contribution in [2.75, 3.05) is 12.3 Å². The van der Waals surface area contributed by atoms with Crippen LogP contribution in [0.5, 0.6) is 0 Å². The van der Waals surface area contributed by atoms with Crippen LogP contribution in [-0.2, 0) is 6.42 Å². The second kappa shape index (κ2) is 5.79. The minimum Gasteiger partial charge on any atom is -0.397 e. The number of nitrogens with two attached hydrogens (primary N) is 1. The summed E-state index contributed by atoms with van der Waals surface area (Å²) >= 11 is 2.92. The number of hydrogen-bond donors (Lipinski definition) is 2. The number of hydrogen-bond acceptors (Lipinski definition) is 6. The zero-order chi connectivity index (χ0) is 14.8. The number of carbonyl (C=O) groups excluding carboxylic acids is 1. The zero-order valence-electron chi connectivity index (χ0n) is 11.4. The number of nitrogens with zero attached hydrogens (tertiary/aromatic N) is 2. The molecule has 7 heteroatoms. The molecule has 5 nitrogen and oxygen atoms in total. The van der Waals surface area contributed by atoms with Crippen LogP contribution < -0.4 is 11.1 Å². The lowest BCUT2D eigenvalue weighted by Crippen LogP contribution is -2.25. The van der Waals surface area contributed by atoms with Gasteiger partial charge in [0, 0.05) is 35.6 Å². The Kier molecular flexibility index (Phi) is 3.85. The van der Waals surface area contributed by atoms with E-state index >= 15 is 0 Å². The Labute approximate surface area is 129 Å². The third-order valence-electron chi connectivity index (χ3n) is 3.05. The number of nitrogens with one attached hydrogen (secondary N) is 1. The van der Waals surface area contributed by atoms with Crippen LogP contribution >= 0.6 is 22.7 Å². The molecule has 3 aromatic heterocycles. The highest BCUT2D eigenvalue weighted by molar-refractivity contribution is 7.21. The number of fused-ring (bicyclic) bond motifs is 1. The van der Waals surface area contributed by atoms with E-state index in [1.807, 2.05) is 24.4 Å². The average molecular weight is 318 g/mol. The molecule has 3 heterocycles. The smallest absolute Gasteiger partial charge is 0.263 e. The molecule has 0 radical (unpaired) electrons. The minimum absolute atomic E-state index is 0.148. The topological polar surface area (TPSA) is 80.9 Å². The fraction of sp³-hybridized carbons (Fsp3) is 0.214. The Morgan fingerprint density at radius 2 is 2.29 bits per heavy atom. The molecule has 1 amide bonds. The molecular formula is C14H14N4OS2. The number of pyridine rings is 1. The molecular weight excluding hydrogens is 304 g/mol. The molecule has 0 spiro atoms. The SMILES string of the molecule is Cc1ccc2c(N)c(C(=O)NCCc3nccs3)sc2n1. The number of thiophene rings is 1. The van der Waals surface area contributed by atoms with Crippen LogP contribution in [0.25, 0.3) is 10.2 Å². The van der Waals surface area contributed by atoms with Gasteiger partial charge in [-0.25, -0.2) is 9.97 Å². The average Bonchev–Trinajstić information content (AvgIpc) is 3.07. The molecule has 108 valence electrons. The van der Waals surface area contributed by atoms with Crippen molar-refractivity contribution in [3.05, 3.63) is 39.3 Å². The van der Waals surface area contributed by atoms with Crippen molar-refractivity contribution < 1.29 is 4.79 Å². The number of amides is 1. The number of rotatable bonds is 4. The predicted molar refractivity (Wildman–Crippen MR) is 86.9 cm³/mol. The fourth-order valence-corrected chi connectivity index (χ4v) is 3.67. The summed E-state index contributed by atoms with van der Waals surface area (Å²) < 4.78 is 0. The number of nitrogen functional groups attached to an aromatic ring is 1. The van der Waals surface area contributed by atoms with E-state index in [-0.39, 0.29) is 5.91 Å². The summed E-state index contributed by atoms with van der Waals surface area (Å²) in [7, 11) is 0. The van der Waals surface area contributed by atoms with Gasteiger partial charge in [0.15, 0.2) is 0 Å². The van der Waals surface area contributed by atoms with Crippen LogP contribution in [0.4, 0.5) is 5.69 Å². The molecule has 0 aliphatic rings. The molecule has 3 N–H and O–H groups in total. The van der Waals surface area contributed by atoms with Gasteiger partial charge < -0.3 is 11.1 Å². The van der Waals surface area contributed by atoms with Crippen LogP contribution in [0.15, 0.2) is 23.7 Å². The molecule has 0 saturated carbocycles. The van der Waals surface area contributed by atoms with Gasteiger partial charge in [-0.3, -0.25) is 4.79 Å². The van der Waals surface area contributed by atoms with E-state index in [1.54, 1.807) is 17.5 Å². The molecule has 0 saturated heterocycles. The van der Waals surface area contributed by atoms with Gasteiger partial charge in [0.2, 0.25) is 0 Å². The maximum Gasteiger partial charge on any atom is 0.263 e. The van der Waals surface area contributed by atoms with Crippen molar-refractivity contribution in [1.82, 2.24) is 15.3 Å². The Morgan fingerprint density at radius 3 is 3.05 bits per heavy atom. The normalized spacial score (nSPS) is 10.9. The summed E-state index contributed by atoms with van der Waals surface area (Å²) in [4.78, 5) is 22.1. The number of thiazole rings is 1. The molecule has 21 heavy (non-hydrogen) atoms. The van der Waals surface area contributed by atoms with E-state index in [4.69, 9.17) is 5.73 Å². The van der Waals surface area contributed by atoms with Gasteiger partial charge in [0.05, 0.1) is 10.7 Å². The standard InChI is InChI=1S/C14H14N4OS2/c1-8-2-3-9-11(15)12(21-14(9)18-8)13(19)17-5-4-10-16-6-7-20-10/h2-3,6-7H,4-5,15H2,1H3,(H,17,19). The first-order valence-electron chi connectivity index (χ1n) is 6.47. The second-order valence-corrected chi connectivity index (χ2v) is 6.56. The number of aryl methyl sites for hydroxylation is 1. The van der Waals surface area contributed by atoms with Crippen LogP contribution in [0, 0.1) is 6.92 Å². The largest absolute Gasteiger partial charge is 0.397 e. The predicted octanol–water partition coefficient (Wildman–Crippen LogP) is 2.62. The van der Waals surface area contributed by atoms with Gasteiger partial charge in [0.1, 0.15) is 9.71 Å². The maximum atomic E-state index is 12.2. The van der Waals surface area contributed by atoms with Crippen molar-refractivity contribution in [2.24, 2.45) is 0 Å². The number of carbonyl (C=O) groups is 1. The van der Waals surface area contributed by atoms with Crippen molar-refractivity contribution in [3.8, 4) is 0 Å². The molecule has 0 atom stereocenters. The summed E-state index contributed by atoms with van der Waals surface area (Å²) in [5.41, 5.74) is 7.48. The first kappa shape index (κ1) is 14.0. The van der Waals surface area contributed by atoms with Crippen LogP contribution in [0.1, 0.15) is 20.4 Å². The Balaban J connectivity index is 1.73. The quantitative estimate of drug-likeness (QED) is 0.775. The molecule has 3 rings (SSSR count). The summed E-state index contributed by atoms with van der Waals surface area (Å²) in [6, 6.07) is 3.81. The van der Waals surface area contributed by atoms with Gasteiger partial charge in [0.25, 0.3) is 5.91 Å². The summed E-state index contributed by atoms with van der Waals surface area (Å²) in [5, 5.41) is 6.66. The molecule has 0 fully saturated rings. The van der Waals surface area contributed by atoms with Gasteiger partial charge in [-0.1, -0.05) is 0 Å². The highest BCUT2D eigenvalue weighted by atomic mass is 32.1. The second-order valence-electron chi connectivity index (χ2n) is 4.58. The van der Waals surface area contributed by atoms with Crippen LogP contribution in [0.2, 0.25) is 0 Å². The lowest BCUT2D eigenvalue weighted by atomic mass is 10.2. The van der Waals surface area contributed by atoms with E-state index in [9.17, 15) is 4.79 Å². The molecule has 0 unspecified atom stereocenters. The number of aromatic nitrogens is 2.